The van der Waals surface area contributed by atoms with Crippen LogP contribution in [0.25, 0.3) is 0 Å². The summed E-state index contributed by atoms with van der Waals surface area (Å²) in [4.78, 5) is 0.551. The fraction of sp³-hybridized carbons (Fsp3) is 0.600. The van der Waals surface area contributed by atoms with Crippen LogP contribution in [0, 0.1) is 0 Å². The average Bonchev–Trinajstić information content (AvgIpc) is 3.25. The van der Waals surface area contributed by atoms with Crippen LogP contribution in [-0.4, -0.2) is 44.5 Å². The summed E-state index contributed by atoms with van der Waals surface area (Å²) in [5.41, 5.74) is 0. The predicted octanol–water partition coefficient (Wildman–Crippen LogP) is 2.10. The highest BCUT2D eigenvalue weighted by Crippen LogP contribution is 2.44. The number of hydrogen-bond donors (Lipinski definition) is 2. The Balaban J connectivity index is 1.99. The van der Waals surface area contributed by atoms with E-state index in [2.05, 4.69) is 5.32 Å². The topological polar surface area (TPSA) is 52.6 Å². The Kier molecular flexibility index (Phi) is 3.49. The molecule has 2 N–H and O–H groups in total. The Morgan fingerprint density at radius 1 is 1.10 bits per heavy atom. The third kappa shape index (κ3) is 2.55. The molecule has 1 saturated heterocycles. The third-order valence-electron chi connectivity index (χ3n) is 4.36. The largest absolute Gasteiger partial charge is 0.317 e. The molecule has 0 aromatic heterocycles. The van der Waals surface area contributed by atoms with Gasteiger partial charge in [-0.2, -0.15) is 4.21 Å². The lowest BCUT2D eigenvalue weighted by molar-refractivity contribution is 0.234. The Labute approximate surface area is 120 Å². The van der Waals surface area contributed by atoms with Crippen LogP contribution in [0.15, 0.2) is 35.2 Å². The maximum absolute atomic E-state index is 13.5. The molecule has 4 nitrogen and oxygen atoms in total. The zero-order chi connectivity index (χ0) is 14.2. The summed E-state index contributed by atoms with van der Waals surface area (Å²) in [5.74, 6) is 0. The van der Waals surface area contributed by atoms with E-state index in [-0.39, 0.29) is 12.1 Å². The molecule has 112 valence electrons. The number of benzene rings is 1. The minimum atomic E-state index is -3.94. The highest BCUT2D eigenvalue weighted by Gasteiger charge is 2.46. The van der Waals surface area contributed by atoms with E-state index in [1.807, 2.05) is 22.5 Å². The average molecular weight is 296 g/mol. The molecule has 0 unspecified atom stereocenters. The molecule has 0 atom stereocenters. The Hall–Kier alpha value is -0.750. The van der Waals surface area contributed by atoms with E-state index in [1.54, 1.807) is 12.1 Å². The molecule has 1 heterocycles. The number of rotatable bonds is 4. The van der Waals surface area contributed by atoms with Gasteiger partial charge in [0.05, 0.1) is 4.90 Å². The van der Waals surface area contributed by atoms with E-state index in [9.17, 15) is 8.76 Å². The zero-order valence-corrected chi connectivity index (χ0v) is 12.8. The van der Waals surface area contributed by atoms with Crippen molar-refractivity contribution >= 4 is 9.53 Å². The fourth-order valence-electron chi connectivity index (χ4n) is 3.25. The normalized spacial score (nSPS) is 23.4. The molecule has 20 heavy (non-hydrogen) atoms. The molecule has 0 bridgehead atoms. The van der Waals surface area contributed by atoms with Gasteiger partial charge in [-0.05, 0) is 50.9 Å². The summed E-state index contributed by atoms with van der Waals surface area (Å²) >= 11 is 0. The molecule has 2 aliphatic rings. The van der Waals surface area contributed by atoms with Crippen molar-refractivity contribution in [2.45, 2.75) is 42.7 Å². The van der Waals surface area contributed by atoms with E-state index < -0.39 is 9.53 Å². The first-order valence-corrected chi connectivity index (χ1v) is 9.70. The summed E-state index contributed by atoms with van der Waals surface area (Å²) in [7, 11) is -3.94. The molecule has 1 aliphatic carbocycles. The van der Waals surface area contributed by atoms with Crippen molar-refractivity contribution < 1.29 is 8.76 Å². The second-order valence-corrected chi connectivity index (χ2v) is 9.48. The van der Waals surface area contributed by atoms with Crippen molar-refractivity contribution in [3.8, 4) is 0 Å². The Bertz CT molecular complexity index is 530. The first-order chi connectivity index (χ1) is 9.47. The summed E-state index contributed by atoms with van der Waals surface area (Å²) in [6, 6.07) is 9.62. The summed E-state index contributed by atoms with van der Waals surface area (Å²) in [5, 5.41) is 3.33. The lowest BCUT2D eigenvalue weighted by Gasteiger charge is -2.53. The van der Waals surface area contributed by atoms with Crippen LogP contribution in [0.2, 0.25) is 0 Å². The van der Waals surface area contributed by atoms with Crippen molar-refractivity contribution in [2.75, 3.05) is 19.3 Å². The number of nitrogens with one attached hydrogen (secondary N) is 1. The number of piperidine rings is 1. The van der Waals surface area contributed by atoms with Crippen LogP contribution in [0.1, 0.15) is 25.7 Å². The monoisotopic (exact) mass is 296 g/mol. The lowest BCUT2D eigenvalue weighted by Crippen LogP contribution is -2.57. The van der Waals surface area contributed by atoms with Gasteiger partial charge in [0.2, 0.25) is 0 Å². The van der Waals surface area contributed by atoms with Crippen LogP contribution in [0.5, 0.6) is 0 Å². The van der Waals surface area contributed by atoms with Gasteiger partial charge in [-0.15, -0.1) is 9.53 Å². The van der Waals surface area contributed by atoms with Gasteiger partial charge in [0.25, 0.3) is 0 Å². The van der Waals surface area contributed by atoms with Crippen molar-refractivity contribution in [3.05, 3.63) is 30.3 Å². The standard InChI is InChI=1S/C15H24N2O2S/c1-20(18,19,15-5-3-2-4-6-15)17(13-7-8-13)14-9-11-16-12-10-14/h2-6,13-14,16H,7-12H2,1H3,(H,18,19). The van der Waals surface area contributed by atoms with Gasteiger partial charge in [-0.3, -0.25) is 4.55 Å². The van der Waals surface area contributed by atoms with Crippen molar-refractivity contribution in [3.63, 3.8) is 0 Å². The highest BCUT2D eigenvalue weighted by atomic mass is 32.3. The van der Waals surface area contributed by atoms with Gasteiger partial charge in [-0.25, -0.2) is 4.31 Å². The SMILES string of the molecule is CS(=O)(O)(c1ccccc1)N(C1CCNCC1)C1CC1. The minimum Gasteiger partial charge on any atom is -0.317 e. The molecule has 1 aliphatic heterocycles. The van der Waals surface area contributed by atoms with Crippen molar-refractivity contribution in [1.29, 1.82) is 0 Å². The maximum atomic E-state index is 13.5. The Morgan fingerprint density at radius 2 is 1.65 bits per heavy atom. The van der Waals surface area contributed by atoms with Gasteiger partial charge in [0.1, 0.15) is 0 Å². The fourth-order valence-corrected chi connectivity index (χ4v) is 6.10. The first-order valence-electron chi connectivity index (χ1n) is 7.41. The summed E-state index contributed by atoms with van der Waals surface area (Å²) in [6.07, 6.45) is 5.52. The van der Waals surface area contributed by atoms with Crippen LogP contribution in [0.4, 0.5) is 0 Å². The molecule has 5 heteroatoms. The second kappa shape index (κ2) is 4.91. The molecular formula is C15H24N2O2S. The molecule has 2 fully saturated rings. The molecular weight excluding hydrogens is 272 g/mol. The first kappa shape index (κ1) is 14.2. The quantitative estimate of drug-likeness (QED) is 0.894. The van der Waals surface area contributed by atoms with E-state index in [1.165, 1.54) is 6.26 Å². The summed E-state index contributed by atoms with van der Waals surface area (Å²) < 4.78 is 26.6. The number of nitrogens with zero attached hydrogens (tertiary/aromatic N) is 1. The maximum Gasteiger partial charge on any atom is 0.0689 e. The van der Waals surface area contributed by atoms with E-state index in [0.29, 0.717) is 4.90 Å². The van der Waals surface area contributed by atoms with E-state index in [0.717, 1.165) is 38.8 Å². The van der Waals surface area contributed by atoms with Gasteiger partial charge in [0, 0.05) is 18.3 Å². The zero-order valence-electron chi connectivity index (χ0n) is 12.0. The molecule has 1 aromatic carbocycles. The number of hydrogen-bond acceptors (Lipinski definition) is 2. The van der Waals surface area contributed by atoms with Gasteiger partial charge in [-0.1, -0.05) is 18.2 Å². The Morgan fingerprint density at radius 3 is 2.20 bits per heavy atom. The van der Waals surface area contributed by atoms with E-state index >= 15 is 0 Å². The van der Waals surface area contributed by atoms with Crippen LogP contribution in [0.3, 0.4) is 0 Å². The third-order valence-corrected chi connectivity index (χ3v) is 7.30. The molecule has 0 spiro atoms. The van der Waals surface area contributed by atoms with Crippen molar-refractivity contribution in [2.24, 2.45) is 0 Å². The van der Waals surface area contributed by atoms with Crippen molar-refractivity contribution in [1.82, 2.24) is 9.62 Å². The molecule has 3 rings (SSSR count). The smallest absolute Gasteiger partial charge is 0.0689 e. The van der Waals surface area contributed by atoms with Crippen LogP contribution < -0.4 is 5.32 Å². The lowest BCUT2D eigenvalue weighted by atomic mass is 10.1. The van der Waals surface area contributed by atoms with Gasteiger partial charge < -0.3 is 5.32 Å². The van der Waals surface area contributed by atoms with E-state index in [4.69, 9.17) is 0 Å². The molecule has 1 saturated carbocycles. The van der Waals surface area contributed by atoms with Crippen LogP contribution in [-0.2, 0) is 9.53 Å². The van der Waals surface area contributed by atoms with Gasteiger partial charge in [0.15, 0.2) is 0 Å². The van der Waals surface area contributed by atoms with Gasteiger partial charge >= 0.3 is 0 Å². The second-order valence-electron chi connectivity index (χ2n) is 6.12. The molecule has 0 radical (unpaired) electrons. The predicted molar refractivity (Wildman–Crippen MR) is 82.2 cm³/mol. The molecule has 1 aromatic rings. The highest BCUT2D eigenvalue weighted by molar-refractivity contribution is 8.12. The minimum absolute atomic E-state index is 0.207. The summed E-state index contributed by atoms with van der Waals surface area (Å²) in [6.45, 7) is 1.87. The molecule has 0 amide bonds. The van der Waals surface area contributed by atoms with Crippen LogP contribution >= 0.6 is 0 Å².